The van der Waals surface area contributed by atoms with E-state index < -0.39 is 42.3 Å². The number of alkyl carbamates (subject to hydrolysis) is 1. The number of esters is 2. The summed E-state index contributed by atoms with van der Waals surface area (Å²) < 4.78 is 21.5. The first kappa shape index (κ1) is 31.1. The van der Waals surface area contributed by atoms with E-state index in [-0.39, 0.29) is 32.0 Å². The van der Waals surface area contributed by atoms with E-state index in [0.29, 0.717) is 11.3 Å². The summed E-state index contributed by atoms with van der Waals surface area (Å²) in [5.74, 6) is -2.17. The van der Waals surface area contributed by atoms with Crippen LogP contribution in [0.15, 0.2) is 72.8 Å². The number of hydrogen-bond acceptors (Lipinski definition) is 8. The number of amides is 1. The van der Waals surface area contributed by atoms with Gasteiger partial charge in [0.25, 0.3) is 0 Å². The van der Waals surface area contributed by atoms with Crippen LogP contribution in [0.2, 0.25) is 0 Å². The highest BCUT2D eigenvalue weighted by Crippen LogP contribution is 2.44. The molecule has 2 N–H and O–H groups in total. The van der Waals surface area contributed by atoms with Gasteiger partial charge in [-0.15, -0.1) is 0 Å². The van der Waals surface area contributed by atoms with E-state index >= 15 is 0 Å². The molecule has 0 heterocycles. The lowest BCUT2D eigenvalue weighted by Gasteiger charge is -2.21. The molecule has 1 amide bonds. The zero-order valence-electron chi connectivity index (χ0n) is 24.3. The molecular weight excluding hydrogens is 554 g/mol. The second-order valence-electron chi connectivity index (χ2n) is 11.1. The number of nitrogens with one attached hydrogen (secondary N) is 1. The largest absolute Gasteiger partial charge is 0.482 e. The number of carboxylic acids is 1. The van der Waals surface area contributed by atoms with Crippen LogP contribution in [-0.2, 0) is 35.2 Å². The molecule has 1 aliphatic rings. The van der Waals surface area contributed by atoms with Crippen LogP contribution in [0.4, 0.5) is 4.79 Å². The van der Waals surface area contributed by atoms with Crippen molar-refractivity contribution in [3.8, 4) is 16.9 Å². The molecule has 3 aromatic carbocycles. The van der Waals surface area contributed by atoms with Crippen LogP contribution in [0.3, 0.4) is 0 Å². The Hall–Kier alpha value is -4.86. The van der Waals surface area contributed by atoms with Crippen molar-refractivity contribution in [1.82, 2.24) is 5.32 Å². The van der Waals surface area contributed by atoms with E-state index in [1.165, 1.54) is 0 Å². The van der Waals surface area contributed by atoms with Gasteiger partial charge in [-0.05, 0) is 67.1 Å². The van der Waals surface area contributed by atoms with Gasteiger partial charge in [0.1, 0.15) is 30.6 Å². The minimum atomic E-state index is -1.17. The summed E-state index contributed by atoms with van der Waals surface area (Å²) in [4.78, 5) is 49.0. The number of carboxylic acid groups (broad SMARTS) is 1. The van der Waals surface area contributed by atoms with Crippen molar-refractivity contribution < 1.29 is 43.2 Å². The predicted octanol–water partition coefficient (Wildman–Crippen LogP) is 5.22. The van der Waals surface area contributed by atoms with Crippen molar-refractivity contribution in [2.75, 3.05) is 13.2 Å². The smallest absolute Gasteiger partial charge is 0.407 e. The molecule has 0 saturated carbocycles. The van der Waals surface area contributed by atoms with Crippen molar-refractivity contribution in [1.29, 1.82) is 0 Å². The third-order valence-electron chi connectivity index (χ3n) is 6.64. The Labute approximate surface area is 249 Å². The molecule has 4 rings (SSSR count). The van der Waals surface area contributed by atoms with Crippen LogP contribution in [0.1, 0.15) is 56.2 Å². The molecular formula is C33H35NO9. The van der Waals surface area contributed by atoms with Crippen LogP contribution in [-0.4, -0.2) is 54.0 Å². The van der Waals surface area contributed by atoms with Gasteiger partial charge in [0.15, 0.2) is 6.61 Å². The molecule has 0 fully saturated rings. The summed E-state index contributed by atoms with van der Waals surface area (Å²) in [5, 5.41) is 11.3. The minimum Gasteiger partial charge on any atom is -0.482 e. The van der Waals surface area contributed by atoms with E-state index in [1.807, 2.05) is 48.5 Å². The van der Waals surface area contributed by atoms with Gasteiger partial charge in [0, 0.05) is 12.3 Å². The predicted molar refractivity (Wildman–Crippen MR) is 156 cm³/mol. The van der Waals surface area contributed by atoms with Crippen LogP contribution >= 0.6 is 0 Å². The van der Waals surface area contributed by atoms with E-state index in [9.17, 15) is 19.2 Å². The molecule has 0 spiro atoms. The molecule has 10 heteroatoms. The van der Waals surface area contributed by atoms with Gasteiger partial charge in [-0.1, -0.05) is 60.7 Å². The van der Waals surface area contributed by atoms with Gasteiger partial charge in [0.2, 0.25) is 0 Å². The molecule has 3 aromatic rings. The first-order chi connectivity index (χ1) is 20.5. The standard InChI is InChI=1S/C33H35NO9/c1-33(2,3)43-30(37)17-16-28(31(38)41-18-21-12-14-22(15-13-21)40-20-29(35)36)34-32(39)42-19-27-25-10-6-4-8-23(25)24-9-5-7-11-26(24)27/h4-15,27-28H,16-20H2,1-3H3,(H,34,39)(H,35,36)/t28-/m0/s1. The van der Waals surface area contributed by atoms with E-state index in [0.717, 1.165) is 22.3 Å². The number of carbonyl (C=O) groups is 4. The fourth-order valence-electron chi connectivity index (χ4n) is 4.77. The number of hydrogen-bond donors (Lipinski definition) is 2. The number of carbonyl (C=O) groups excluding carboxylic acids is 3. The summed E-state index contributed by atoms with van der Waals surface area (Å²) in [6.45, 7) is 4.68. The Morgan fingerprint density at radius 1 is 0.860 bits per heavy atom. The Bertz CT molecular complexity index is 1410. The van der Waals surface area contributed by atoms with Gasteiger partial charge in [0.05, 0.1) is 0 Å². The van der Waals surface area contributed by atoms with Crippen LogP contribution in [0, 0.1) is 0 Å². The molecule has 0 aliphatic heterocycles. The maximum absolute atomic E-state index is 13.0. The molecule has 0 saturated heterocycles. The molecule has 226 valence electrons. The fraction of sp³-hybridized carbons (Fsp3) is 0.333. The Kier molecular flexibility index (Phi) is 10.0. The quantitative estimate of drug-likeness (QED) is 0.215. The summed E-state index contributed by atoms with van der Waals surface area (Å²) in [6.07, 6.45) is -0.996. The lowest BCUT2D eigenvalue weighted by Crippen LogP contribution is -2.43. The average molecular weight is 590 g/mol. The Morgan fingerprint density at radius 2 is 1.47 bits per heavy atom. The van der Waals surface area contributed by atoms with Crippen molar-refractivity contribution >= 4 is 24.0 Å². The lowest BCUT2D eigenvalue weighted by molar-refractivity contribution is -0.155. The minimum absolute atomic E-state index is 0.0556. The molecule has 1 aliphatic carbocycles. The molecule has 43 heavy (non-hydrogen) atoms. The van der Waals surface area contributed by atoms with E-state index in [1.54, 1.807) is 45.0 Å². The van der Waals surface area contributed by atoms with Gasteiger partial charge in [-0.25, -0.2) is 14.4 Å². The van der Waals surface area contributed by atoms with Crippen molar-refractivity contribution in [2.24, 2.45) is 0 Å². The van der Waals surface area contributed by atoms with Crippen molar-refractivity contribution in [3.05, 3.63) is 89.5 Å². The van der Waals surface area contributed by atoms with Gasteiger partial charge in [-0.3, -0.25) is 4.79 Å². The molecule has 0 bridgehead atoms. The average Bonchev–Trinajstić information content (AvgIpc) is 3.29. The van der Waals surface area contributed by atoms with Crippen LogP contribution in [0.25, 0.3) is 11.1 Å². The summed E-state index contributed by atoms with van der Waals surface area (Å²) in [5.41, 5.74) is 4.20. The zero-order chi connectivity index (χ0) is 31.0. The molecule has 0 radical (unpaired) electrons. The monoisotopic (exact) mass is 589 g/mol. The van der Waals surface area contributed by atoms with E-state index in [4.69, 9.17) is 24.1 Å². The fourth-order valence-corrected chi connectivity index (χ4v) is 4.77. The number of rotatable bonds is 12. The number of ether oxygens (including phenoxy) is 4. The number of aliphatic carboxylic acids is 1. The van der Waals surface area contributed by atoms with Gasteiger partial charge in [-0.2, -0.15) is 0 Å². The maximum atomic E-state index is 13.0. The topological polar surface area (TPSA) is 137 Å². The Balaban J connectivity index is 1.38. The van der Waals surface area contributed by atoms with Crippen molar-refractivity contribution in [2.45, 2.75) is 57.8 Å². The first-order valence-electron chi connectivity index (χ1n) is 13.9. The highest BCUT2D eigenvalue weighted by atomic mass is 16.6. The van der Waals surface area contributed by atoms with Crippen LogP contribution in [0.5, 0.6) is 5.75 Å². The number of benzene rings is 3. The summed E-state index contributed by atoms with van der Waals surface area (Å²) in [6, 6.07) is 21.1. The first-order valence-corrected chi connectivity index (χ1v) is 13.9. The van der Waals surface area contributed by atoms with Crippen LogP contribution < -0.4 is 10.1 Å². The molecule has 0 unspecified atom stereocenters. The Morgan fingerprint density at radius 3 is 2.05 bits per heavy atom. The SMILES string of the molecule is CC(C)(C)OC(=O)CC[C@H](NC(=O)OCC1c2ccccc2-c2ccccc21)C(=O)OCc1ccc(OCC(=O)O)cc1. The highest BCUT2D eigenvalue weighted by Gasteiger charge is 2.30. The van der Waals surface area contributed by atoms with Gasteiger partial charge >= 0.3 is 24.0 Å². The molecule has 1 atom stereocenters. The molecule has 0 aromatic heterocycles. The highest BCUT2D eigenvalue weighted by molar-refractivity contribution is 5.83. The van der Waals surface area contributed by atoms with E-state index in [2.05, 4.69) is 5.32 Å². The van der Waals surface area contributed by atoms with Crippen molar-refractivity contribution in [3.63, 3.8) is 0 Å². The third-order valence-corrected chi connectivity index (χ3v) is 6.64. The number of fused-ring (bicyclic) bond motifs is 3. The maximum Gasteiger partial charge on any atom is 0.407 e. The normalized spacial score (nSPS) is 12.8. The summed E-state index contributed by atoms with van der Waals surface area (Å²) >= 11 is 0. The van der Waals surface area contributed by atoms with Gasteiger partial charge < -0.3 is 29.4 Å². The zero-order valence-corrected chi connectivity index (χ0v) is 24.3. The lowest BCUT2D eigenvalue weighted by atomic mass is 9.98. The second kappa shape index (κ2) is 13.9. The second-order valence-corrected chi connectivity index (χ2v) is 11.1. The third kappa shape index (κ3) is 8.81. The molecule has 10 nitrogen and oxygen atoms in total. The summed E-state index contributed by atoms with van der Waals surface area (Å²) in [7, 11) is 0.